The fourth-order valence-corrected chi connectivity index (χ4v) is 4.12. The van der Waals surface area contributed by atoms with Crippen molar-refractivity contribution in [2.45, 2.75) is 37.3 Å². The lowest BCUT2D eigenvalue weighted by atomic mass is 10.1. The first-order valence-electron chi connectivity index (χ1n) is 7.96. The molecule has 0 saturated heterocycles. The van der Waals surface area contributed by atoms with Gasteiger partial charge in [0.1, 0.15) is 6.04 Å². The number of sulfonamides is 1. The maximum Gasteiger partial charge on any atom is 0.326 e. The van der Waals surface area contributed by atoms with Gasteiger partial charge in [0.25, 0.3) is 0 Å². The van der Waals surface area contributed by atoms with Crippen molar-refractivity contribution in [1.29, 1.82) is 0 Å². The fraction of sp³-hybridized carbons (Fsp3) is 0.389. The number of esters is 1. The number of halogens is 1. The summed E-state index contributed by atoms with van der Waals surface area (Å²) in [7, 11) is -2.86. The maximum absolute atomic E-state index is 12.9. The number of methoxy groups -OCH3 is 1. The van der Waals surface area contributed by atoms with Crippen molar-refractivity contribution in [2.75, 3.05) is 13.7 Å². The summed E-state index contributed by atoms with van der Waals surface area (Å²) in [5.74, 6) is -0.732. The van der Waals surface area contributed by atoms with Gasteiger partial charge in [0.2, 0.25) is 10.0 Å². The normalized spacial score (nSPS) is 13.6. The molecule has 0 aliphatic rings. The summed E-state index contributed by atoms with van der Waals surface area (Å²) in [6, 6.07) is 8.76. The summed E-state index contributed by atoms with van der Waals surface area (Å²) in [6.45, 7) is 5.26. The molecule has 1 N–H and O–H groups in total. The van der Waals surface area contributed by atoms with Gasteiger partial charge in [-0.15, -0.1) is 0 Å². The van der Waals surface area contributed by atoms with Crippen molar-refractivity contribution >= 4 is 38.4 Å². The Morgan fingerprint density at radius 3 is 2.38 bits per heavy atom. The molecular weight excluding hydrogens is 378 g/mol. The molecule has 0 amide bonds. The molecule has 0 spiro atoms. The first kappa shape index (κ1) is 20.6. The zero-order valence-electron chi connectivity index (χ0n) is 15.1. The zero-order chi connectivity index (χ0) is 19.5. The Morgan fingerprint density at radius 1 is 1.19 bits per heavy atom. The highest BCUT2D eigenvalue weighted by atomic mass is 35.5. The lowest BCUT2D eigenvalue weighted by molar-refractivity contribution is -0.145. The molecular formula is C18H22ClNO5S. The van der Waals surface area contributed by atoms with Gasteiger partial charge in [-0.25, -0.2) is 8.42 Å². The summed E-state index contributed by atoms with van der Waals surface area (Å²) in [5, 5.41) is 1.38. The largest absolute Gasteiger partial charge is 0.468 e. The number of benzene rings is 2. The Morgan fingerprint density at radius 2 is 1.81 bits per heavy atom. The van der Waals surface area contributed by atoms with E-state index in [-0.39, 0.29) is 11.5 Å². The van der Waals surface area contributed by atoms with E-state index in [9.17, 15) is 13.2 Å². The van der Waals surface area contributed by atoms with E-state index in [1.165, 1.54) is 13.2 Å². The predicted molar refractivity (Wildman–Crippen MR) is 101 cm³/mol. The predicted octanol–water partition coefficient (Wildman–Crippen LogP) is 3.13. The van der Waals surface area contributed by atoms with Gasteiger partial charge in [-0.1, -0.05) is 35.9 Å². The molecule has 0 saturated carbocycles. The van der Waals surface area contributed by atoms with Gasteiger partial charge in [-0.3, -0.25) is 4.79 Å². The van der Waals surface area contributed by atoms with Crippen LogP contribution < -0.4 is 4.72 Å². The third-order valence-electron chi connectivity index (χ3n) is 3.57. The highest BCUT2D eigenvalue weighted by Gasteiger charge is 2.29. The Bertz CT molecular complexity index is 900. The van der Waals surface area contributed by atoms with Crippen molar-refractivity contribution in [3.63, 3.8) is 0 Å². The summed E-state index contributed by atoms with van der Waals surface area (Å²) in [4.78, 5) is 12.0. The van der Waals surface area contributed by atoms with Crippen LogP contribution in [-0.2, 0) is 24.3 Å². The zero-order valence-corrected chi connectivity index (χ0v) is 16.6. The quantitative estimate of drug-likeness (QED) is 0.754. The van der Waals surface area contributed by atoms with Crippen LogP contribution in [0.25, 0.3) is 10.8 Å². The van der Waals surface area contributed by atoms with E-state index < -0.39 is 27.6 Å². The van der Waals surface area contributed by atoms with E-state index in [4.69, 9.17) is 21.1 Å². The fourth-order valence-electron chi connectivity index (χ4n) is 2.36. The number of nitrogens with one attached hydrogen (secondary N) is 1. The smallest absolute Gasteiger partial charge is 0.326 e. The average Bonchev–Trinajstić information content (AvgIpc) is 2.57. The summed E-state index contributed by atoms with van der Waals surface area (Å²) in [6.07, 6.45) is 0. The van der Waals surface area contributed by atoms with E-state index in [2.05, 4.69) is 4.72 Å². The van der Waals surface area contributed by atoms with Gasteiger partial charge < -0.3 is 9.47 Å². The number of carbonyl (C=O) groups is 1. The number of hydrogen-bond donors (Lipinski definition) is 1. The van der Waals surface area contributed by atoms with Crippen LogP contribution in [0.5, 0.6) is 0 Å². The first-order chi connectivity index (χ1) is 12.0. The van der Waals surface area contributed by atoms with Crippen molar-refractivity contribution in [1.82, 2.24) is 4.72 Å². The van der Waals surface area contributed by atoms with Crippen molar-refractivity contribution in [2.24, 2.45) is 0 Å². The Kier molecular flexibility index (Phi) is 6.29. The van der Waals surface area contributed by atoms with E-state index in [0.717, 1.165) is 0 Å². The molecule has 2 aromatic carbocycles. The molecule has 1 atom stereocenters. The van der Waals surface area contributed by atoms with Gasteiger partial charge in [0.05, 0.1) is 24.2 Å². The van der Waals surface area contributed by atoms with Gasteiger partial charge in [0.15, 0.2) is 0 Å². The van der Waals surface area contributed by atoms with Gasteiger partial charge in [0, 0.05) is 10.4 Å². The molecule has 6 nitrogen and oxygen atoms in total. The highest BCUT2D eigenvalue weighted by Crippen LogP contribution is 2.29. The van der Waals surface area contributed by atoms with E-state index in [1.807, 2.05) is 0 Å². The Hall–Kier alpha value is -1.67. The third-order valence-corrected chi connectivity index (χ3v) is 5.40. The number of ether oxygens (including phenoxy) is 2. The van der Waals surface area contributed by atoms with E-state index in [1.54, 1.807) is 51.1 Å². The van der Waals surface area contributed by atoms with E-state index in [0.29, 0.717) is 15.8 Å². The molecule has 142 valence electrons. The number of fused-ring (bicyclic) bond motifs is 1. The van der Waals surface area contributed by atoms with Crippen LogP contribution in [0.1, 0.15) is 20.8 Å². The molecule has 0 heterocycles. The Labute approximate surface area is 158 Å². The Balaban J connectivity index is 2.41. The molecule has 0 fully saturated rings. The summed E-state index contributed by atoms with van der Waals surface area (Å²) in [5.41, 5.74) is -0.541. The molecule has 0 aromatic heterocycles. The van der Waals surface area contributed by atoms with Gasteiger partial charge in [-0.2, -0.15) is 4.72 Å². The van der Waals surface area contributed by atoms with Crippen molar-refractivity contribution in [3.8, 4) is 0 Å². The molecule has 0 aliphatic heterocycles. The standard InChI is InChI=1S/C18H22ClNO5S/c1-18(2,3)25-11-14(17(21)24-4)20-26(22,23)15-10-6-8-12-7-5-9-13(19)16(12)15/h5-10,14,20H,11H2,1-4H3/t14-/m0/s1. The number of hydrogen-bond acceptors (Lipinski definition) is 5. The first-order valence-corrected chi connectivity index (χ1v) is 9.82. The highest BCUT2D eigenvalue weighted by molar-refractivity contribution is 7.89. The van der Waals surface area contributed by atoms with E-state index >= 15 is 0 Å². The minimum atomic E-state index is -4.05. The second kappa shape index (κ2) is 7.92. The minimum absolute atomic E-state index is 0.00902. The van der Waals surface area contributed by atoms with Crippen LogP contribution in [0, 0.1) is 0 Å². The SMILES string of the molecule is COC(=O)[C@H](COC(C)(C)C)NS(=O)(=O)c1cccc2cccc(Cl)c12. The maximum atomic E-state index is 12.9. The van der Waals surface area contributed by atoms with Crippen LogP contribution in [0.3, 0.4) is 0 Å². The second-order valence-electron chi connectivity index (χ2n) is 6.71. The van der Waals surface area contributed by atoms with Crippen LogP contribution in [0.15, 0.2) is 41.3 Å². The van der Waals surface area contributed by atoms with Crippen LogP contribution in [0.4, 0.5) is 0 Å². The summed E-state index contributed by atoms with van der Waals surface area (Å²) < 4.78 is 38.5. The molecule has 0 aliphatic carbocycles. The number of rotatable bonds is 6. The minimum Gasteiger partial charge on any atom is -0.468 e. The van der Waals surface area contributed by atoms with Gasteiger partial charge in [-0.05, 0) is 38.3 Å². The van der Waals surface area contributed by atoms with Crippen LogP contribution in [-0.4, -0.2) is 39.7 Å². The number of carbonyl (C=O) groups excluding carboxylic acids is 1. The molecule has 26 heavy (non-hydrogen) atoms. The molecule has 0 radical (unpaired) electrons. The molecule has 2 aromatic rings. The lowest BCUT2D eigenvalue weighted by Crippen LogP contribution is -2.46. The van der Waals surface area contributed by atoms with Crippen molar-refractivity contribution in [3.05, 3.63) is 41.4 Å². The monoisotopic (exact) mass is 399 g/mol. The van der Waals surface area contributed by atoms with Crippen LogP contribution in [0.2, 0.25) is 5.02 Å². The average molecular weight is 400 g/mol. The molecule has 8 heteroatoms. The van der Waals surface area contributed by atoms with Crippen LogP contribution >= 0.6 is 11.6 Å². The van der Waals surface area contributed by atoms with Gasteiger partial charge >= 0.3 is 5.97 Å². The molecule has 2 rings (SSSR count). The summed E-state index contributed by atoms with van der Waals surface area (Å²) >= 11 is 6.21. The van der Waals surface area contributed by atoms with Crippen molar-refractivity contribution < 1.29 is 22.7 Å². The lowest BCUT2D eigenvalue weighted by Gasteiger charge is -2.24. The third kappa shape index (κ3) is 4.94. The second-order valence-corrected chi connectivity index (χ2v) is 8.80. The topological polar surface area (TPSA) is 81.7 Å². The molecule has 0 unspecified atom stereocenters. The molecule has 0 bridgehead atoms.